The fourth-order valence-electron chi connectivity index (χ4n) is 4.00. The smallest absolute Gasteiger partial charge is 0.228 e. The molecule has 1 fully saturated rings. The maximum Gasteiger partial charge on any atom is 0.228 e. The second-order valence-corrected chi connectivity index (χ2v) is 7.35. The fourth-order valence-corrected chi connectivity index (χ4v) is 4.00. The highest BCUT2D eigenvalue weighted by molar-refractivity contribution is 6.01. The monoisotopic (exact) mass is 397 g/mol. The van der Waals surface area contributed by atoms with Gasteiger partial charge in [-0.1, -0.05) is 30.3 Å². The lowest BCUT2D eigenvalue weighted by Gasteiger charge is -2.35. The summed E-state index contributed by atoms with van der Waals surface area (Å²) in [7, 11) is 0. The van der Waals surface area contributed by atoms with Crippen molar-refractivity contribution in [2.75, 3.05) is 38.2 Å². The Bertz CT molecular complexity index is 881. The zero-order valence-corrected chi connectivity index (χ0v) is 16.1. The summed E-state index contributed by atoms with van der Waals surface area (Å²) in [5.74, 6) is -1.14. The number of para-hydroxylation sites is 1. The molecule has 6 nitrogen and oxygen atoms in total. The Hall–Kier alpha value is -2.77. The van der Waals surface area contributed by atoms with Gasteiger partial charge in [0, 0.05) is 31.7 Å². The van der Waals surface area contributed by atoms with Crippen molar-refractivity contribution in [2.45, 2.75) is 18.4 Å². The summed E-state index contributed by atoms with van der Waals surface area (Å²) in [4.78, 5) is 27.3. The number of carbonyl (C=O) groups is 2. The van der Waals surface area contributed by atoms with Crippen LogP contribution in [0.3, 0.4) is 0 Å². The van der Waals surface area contributed by atoms with Crippen LogP contribution < -0.4 is 10.6 Å². The lowest BCUT2D eigenvalue weighted by Crippen LogP contribution is -2.45. The van der Waals surface area contributed by atoms with E-state index in [0.29, 0.717) is 25.4 Å². The number of carbonyl (C=O) groups excluding carboxylic acids is 2. The second kappa shape index (κ2) is 8.71. The molecule has 2 N–H and O–H groups in total. The molecule has 2 aliphatic heterocycles. The van der Waals surface area contributed by atoms with Gasteiger partial charge in [-0.2, -0.15) is 0 Å². The minimum atomic E-state index is -0.515. The normalized spacial score (nSPS) is 20.4. The molecular formula is C22H24FN3O3. The first kappa shape index (κ1) is 19.5. The van der Waals surface area contributed by atoms with Crippen LogP contribution in [0.5, 0.6) is 0 Å². The summed E-state index contributed by atoms with van der Waals surface area (Å²) in [6, 6.07) is 13.7. The van der Waals surface area contributed by atoms with Gasteiger partial charge in [0.1, 0.15) is 5.82 Å². The molecule has 2 unspecified atom stereocenters. The highest BCUT2D eigenvalue weighted by Gasteiger charge is 2.31. The number of fused-ring (bicyclic) bond motifs is 1. The average molecular weight is 397 g/mol. The molecule has 0 aliphatic carbocycles. The first-order valence-electron chi connectivity index (χ1n) is 9.85. The van der Waals surface area contributed by atoms with Crippen molar-refractivity contribution in [3.05, 3.63) is 65.5 Å². The van der Waals surface area contributed by atoms with Crippen molar-refractivity contribution in [1.29, 1.82) is 0 Å². The fraction of sp³-hybridized carbons (Fsp3) is 0.364. The molecule has 4 rings (SSSR count). The van der Waals surface area contributed by atoms with Gasteiger partial charge in [-0.3, -0.25) is 14.5 Å². The van der Waals surface area contributed by atoms with Crippen LogP contribution in [-0.4, -0.2) is 49.6 Å². The molecule has 2 atom stereocenters. The molecular weight excluding hydrogens is 373 g/mol. The largest absolute Gasteiger partial charge is 0.379 e. The summed E-state index contributed by atoms with van der Waals surface area (Å²) in [5, 5.41) is 5.85. The van der Waals surface area contributed by atoms with E-state index >= 15 is 0 Å². The molecule has 2 heterocycles. The van der Waals surface area contributed by atoms with Crippen LogP contribution in [-0.2, 0) is 14.3 Å². The number of hydrogen-bond acceptors (Lipinski definition) is 4. The third kappa shape index (κ3) is 4.46. The highest BCUT2D eigenvalue weighted by Crippen LogP contribution is 2.32. The van der Waals surface area contributed by atoms with Crippen molar-refractivity contribution in [3.63, 3.8) is 0 Å². The van der Waals surface area contributed by atoms with Gasteiger partial charge in [0.2, 0.25) is 11.8 Å². The van der Waals surface area contributed by atoms with Crippen molar-refractivity contribution in [3.8, 4) is 0 Å². The van der Waals surface area contributed by atoms with E-state index in [9.17, 15) is 14.0 Å². The number of amides is 2. The molecule has 2 aliphatic rings. The van der Waals surface area contributed by atoms with Crippen molar-refractivity contribution in [1.82, 2.24) is 10.2 Å². The molecule has 0 saturated carbocycles. The summed E-state index contributed by atoms with van der Waals surface area (Å²) < 4.78 is 18.8. The van der Waals surface area contributed by atoms with Crippen LogP contribution in [0.1, 0.15) is 29.5 Å². The molecule has 0 radical (unpaired) electrons. The number of anilines is 1. The van der Waals surface area contributed by atoms with Crippen molar-refractivity contribution in [2.24, 2.45) is 0 Å². The number of morpholine rings is 1. The molecule has 29 heavy (non-hydrogen) atoms. The first-order chi connectivity index (χ1) is 14.1. The van der Waals surface area contributed by atoms with Crippen LogP contribution in [0.15, 0.2) is 48.5 Å². The lowest BCUT2D eigenvalue weighted by atomic mass is 9.89. The third-order valence-electron chi connectivity index (χ3n) is 5.53. The summed E-state index contributed by atoms with van der Waals surface area (Å²) in [5.41, 5.74) is 2.46. The van der Waals surface area contributed by atoms with Gasteiger partial charge in [-0.25, -0.2) is 4.39 Å². The Kier molecular flexibility index (Phi) is 5.87. The van der Waals surface area contributed by atoms with Gasteiger partial charge in [-0.15, -0.1) is 0 Å². The van der Waals surface area contributed by atoms with Crippen LogP contribution in [0.4, 0.5) is 10.1 Å². The van der Waals surface area contributed by atoms with Crippen molar-refractivity contribution >= 4 is 17.5 Å². The maximum absolute atomic E-state index is 13.4. The highest BCUT2D eigenvalue weighted by atomic mass is 19.1. The van der Waals surface area contributed by atoms with E-state index in [1.54, 1.807) is 12.1 Å². The van der Waals surface area contributed by atoms with Crippen LogP contribution in [0.2, 0.25) is 0 Å². The van der Waals surface area contributed by atoms with Crippen LogP contribution >= 0.6 is 0 Å². The van der Waals surface area contributed by atoms with Crippen molar-refractivity contribution < 1.29 is 18.7 Å². The molecule has 2 aromatic rings. The maximum atomic E-state index is 13.4. The van der Waals surface area contributed by atoms with E-state index < -0.39 is 5.92 Å². The Morgan fingerprint density at radius 2 is 1.90 bits per heavy atom. The first-order valence-corrected chi connectivity index (χ1v) is 9.85. The van der Waals surface area contributed by atoms with E-state index in [0.717, 1.165) is 24.2 Å². The quantitative estimate of drug-likeness (QED) is 0.813. The van der Waals surface area contributed by atoms with Crippen LogP contribution in [0, 0.1) is 5.82 Å². The van der Waals surface area contributed by atoms with E-state index in [1.807, 2.05) is 24.3 Å². The molecule has 1 saturated heterocycles. The SMILES string of the molecule is O=C1CC(C(=O)NCC(c2ccc(F)cc2)N2CCOCC2)c2ccccc2N1. The minimum absolute atomic E-state index is 0.0869. The number of rotatable bonds is 5. The van der Waals surface area contributed by atoms with Gasteiger partial charge in [0.15, 0.2) is 0 Å². The molecule has 0 bridgehead atoms. The van der Waals surface area contributed by atoms with E-state index in [2.05, 4.69) is 15.5 Å². The average Bonchev–Trinajstić information content (AvgIpc) is 2.75. The van der Waals surface area contributed by atoms with Gasteiger partial charge in [-0.05, 0) is 29.3 Å². The number of halogens is 1. The standard InChI is InChI=1S/C22H24FN3O3/c23-16-7-5-15(6-8-16)20(26-9-11-29-12-10-26)14-24-22(28)18-13-21(27)25-19-4-2-1-3-17(18)19/h1-8,18,20H,9-14H2,(H,24,28)(H,25,27). The zero-order chi connectivity index (χ0) is 20.2. The molecule has 0 aromatic heterocycles. The van der Waals surface area contributed by atoms with Gasteiger partial charge < -0.3 is 15.4 Å². The number of hydrogen-bond donors (Lipinski definition) is 2. The summed E-state index contributed by atoms with van der Waals surface area (Å²) in [6.45, 7) is 3.12. The van der Waals surface area contributed by atoms with Gasteiger partial charge in [0.25, 0.3) is 0 Å². The molecule has 2 amide bonds. The lowest BCUT2D eigenvalue weighted by molar-refractivity contribution is -0.126. The minimum Gasteiger partial charge on any atom is -0.379 e. The van der Waals surface area contributed by atoms with Crippen LogP contribution in [0.25, 0.3) is 0 Å². The topological polar surface area (TPSA) is 70.7 Å². The molecule has 0 spiro atoms. The van der Waals surface area contributed by atoms with E-state index in [1.165, 1.54) is 12.1 Å². The number of ether oxygens (including phenoxy) is 1. The van der Waals surface area contributed by atoms with E-state index in [4.69, 9.17) is 4.74 Å². The van der Waals surface area contributed by atoms with E-state index in [-0.39, 0.29) is 30.1 Å². The predicted octanol–water partition coefficient (Wildman–Crippen LogP) is 2.44. The Labute approximate surface area is 169 Å². The predicted molar refractivity (Wildman–Crippen MR) is 107 cm³/mol. The zero-order valence-electron chi connectivity index (χ0n) is 16.1. The molecule has 7 heteroatoms. The summed E-state index contributed by atoms with van der Waals surface area (Å²) >= 11 is 0. The number of nitrogens with one attached hydrogen (secondary N) is 2. The molecule has 2 aromatic carbocycles. The number of nitrogens with zero attached hydrogens (tertiary/aromatic N) is 1. The Balaban J connectivity index is 1.50. The van der Waals surface area contributed by atoms with Gasteiger partial charge >= 0.3 is 0 Å². The second-order valence-electron chi connectivity index (χ2n) is 7.35. The number of benzene rings is 2. The Morgan fingerprint density at radius 1 is 1.17 bits per heavy atom. The molecule has 152 valence electrons. The van der Waals surface area contributed by atoms with Gasteiger partial charge in [0.05, 0.1) is 25.2 Å². The summed E-state index contributed by atoms with van der Waals surface area (Å²) in [6.07, 6.45) is 0.127. The third-order valence-corrected chi connectivity index (χ3v) is 5.53. The Morgan fingerprint density at radius 3 is 2.66 bits per heavy atom.